The summed E-state index contributed by atoms with van der Waals surface area (Å²) in [5, 5.41) is 0. The third-order valence-corrected chi connectivity index (χ3v) is 5.10. The lowest BCUT2D eigenvalue weighted by Gasteiger charge is -2.20. The molecule has 0 spiro atoms. The van der Waals surface area contributed by atoms with Crippen molar-refractivity contribution >= 4 is 0 Å². The summed E-state index contributed by atoms with van der Waals surface area (Å²) in [6, 6.07) is 4.98. The molecule has 3 aromatic rings. The van der Waals surface area contributed by atoms with Gasteiger partial charge < -0.3 is 14.5 Å². The van der Waals surface area contributed by atoms with Crippen LogP contribution in [0, 0.1) is 0 Å². The zero-order valence-corrected chi connectivity index (χ0v) is 16.8. The summed E-state index contributed by atoms with van der Waals surface area (Å²) in [5.74, 6) is 0.647. The molecule has 0 bridgehead atoms. The summed E-state index contributed by atoms with van der Waals surface area (Å²) in [4.78, 5) is 30.4. The third kappa shape index (κ3) is 4.85. The number of nitrogens with one attached hydrogen (secondary N) is 1. The first-order chi connectivity index (χ1) is 15.0. The summed E-state index contributed by atoms with van der Waals surface area (Å²) < 4.78 is 35.0. The van der Waals surface area contributed by atoms with Gasteiger partial charge in [-0.3, -0.25) is 14.7 Å². The zero-order valence-electron chi connectivity index (χ0n) is 16.8. The molecule has 2 aromatic heterocycles. The number of aromatic amines is 1. The van der Waals surface area contributed by atoms with Crippen LogP contribution in [0.25, 0.3) is 11.5 Å². The van der Waals surface area contributed by atoms with Crippen LogP contribution in [0.3, 0.4) is 0 Å². The van der Waals surface area contributed by atoms with E-state index in [4.69, 9.17) is 4.74 Å². The fraction of sp³-hybridized carbons (Fsp3) is 0.333. The Bertz CT molecular complexity index is 1110. The standard InChI is InChI=1S/C21H21F2N5O3/c1-30-17-3-2-13(10-18(17)31-21(22)23)12-28-8-4-14-15(5-9-28)26-19(27-20(14)29)16-11-24-6-7-25-16/h2-3,6-7,10-11,21H,4-5,8-9,12H2,1H3,(H,26,27,29). The average molecular weight is 429 g/mol. The molecule has 3 heterocycles. The van der Waals surface area contributed by atoms with Crippen molar-refractivity contribution in [2.75, 3.05) is 20.2 Å². The lowest BCUT2D eigenvalue weighted by Crippen LogP contribution is -2.26. The van der Waals surface area contributed by atoms with Crippen LogP contribution < -0.4 is 15.0 Å². The first kappa shape index (κ1) is 20.9. The van der Waals surface area contributed by atoms with Crippen molar-refractivity contribution in [2.45, 2.75) is 26.0 Å². The van der Waals surface area contributed by atoms with E-state index in [9.17, 15) is 13.6 Å². The van der Waals surface area contributed by atoms with Gasteiger partial charge in [-0.25, -0.2) is 9.97 Å². The molecule has 1 aromatic carbocycles. The molecule has 4 rings (SSSR count). The number of halogens is 2. The molecule has 0 saturated carbocycles. The van der Waals surface area contributed by atoms with Crippen molar-refractivity contribution in [1.82, 2.24) is 24.8 Å². The highest BCUT2D eigenvalue weighted by Crippen LogP contribution is 2.30. The van der Waals surface area contributed by atoms with E-state index < -0.39 is 6.61 Å². The van der Waals surface area contributed by atoms with Gasteiger partial charge in [0, 0.05) is 44.0 Å². The van der Waals surface area contributed by atoms with E-state index >= 15 is 0 Å². The molecule has 31 heavy (non-hydrogen) atoms. The molecular formula is C21H21F2N5O3. The van der Waals surface area contributed by atoms with E-state index in [1.165, 1.54) is 7.11 Å². The second-order valence-electron chi connectivity index (χ2n) is 7.07. The highest BCUT2D eigenvalue weighted by Gasteiger charge is 2.20. The molecule has 0 saturated heterocycles. The van der Waals surface area contributed by atoms with Gasteiger partial charge in [-0.1, -0.05) is 6.07 Å². The number of rotatable bonds is 6. The Hall–Kier alpha value is -3.40. The molecular weight excluding hydrogens is 408 g/mol. The number of ether oxygens (including phenoxy) is 2. The third-order valence-electron chi connectivity index (χ3n) is 5.10. The quantitative estimate of drug-likeness (QED) is 0.643. The van der Waals surface area contributed by atoms with Gasteiger partial charge in [0.05, 0.1) is 19.0 Å². The fourth-order valence-corrected chi connectivity index (χ4v) is 3.62. The van der Waals surface area contributed by atoms with E-state index in [0.717, 1.165) is 11.3 Å². The lowest BCUT2D eigenvalue weighted by molar-refractivity contribution is -0.0512. The number of alkyl halides is 2. The van der Waals surface area contributed by atoms with Gasteiger partial charge in [0.15, 0.2) is 17.3 Å². The van der Waals surface area contributed by atoms with Gasteiger partial charge >= 0.3 is 6.61 Å². The largest absolute Gasteiger partial charge is 0.493 e. The summed E-state index contributed by atoms with van der Waals surface area (Å²) in [6.07, 6.45) is 5.78. The van der Waals surface area contributed by atoms with Crippen LogP contribution in [-0.4, -0.2) is 51.6 Å². The van der Waals surface area contributed by atoms with Crippen LogP contribution >= 0.6 is 0 Å². The number of fused-ring (bicyclic) bond motifs is 1. The Morgan fingerprint density at radius 1 is 1.19 bits per heavy atom. The zero-order chi connectivity index (χ0) is 21.8. The van der Waals surface area contributed by atoms with Crippen LogP contribution in [0.1, 0.15) is 16.8 Å². The predicted molar refractivity (Wildman–Crippen MR) is 108 cm³/mol. The first-order valence-electron chi connectivity index (χ1n) is 9.76. The lowest BCUT2D eigenvalue weighted by atomic mass is 10.1. The molecule has 8 nitrogen and oxygen atoms in total. The van der Waals surface area contributed by atoms with Crippen molar-refractivity contribution < 1.29 is 18.3 Å². The van der Waals surface area contributed by atoms with E-state index in [1.54, 1.807) is 30.7 Å². The van der Waals surface area contributed by atoms with E-state index in [-0.39, 0.29) is 17.1 Å². The summed E-state index contributed by atoms with van der Waals surface area (Å²) in [5.41, 5.74) is 2.54. The molecule has 0 fully saturated rings. The molecule has 1 N–H and O–H groups in total. The minimum absolute atomic E-state index is 0.000156. The Labute approximate surface area is 176 Å². The Balaban J connectivity index is 1.51. The molecule has 10 heteroatoms. The number of H-pyrrole nitrogens is 1. The van der Waals surface area contributed by atoms with Gasteiger partial charge in [0.25, 0.3) is 5.56 Å². The normalized spacial score (nSPS) is 14.2. The number of aromatic nitrogens is 4. The van der Waals surface area contributed by atoms with Gasteiger partial charge in [0.1, 0.15) is 5.69 Å². The number of methoxy groups -OCH3 is 1. The highest BCUT2D eigenvalue weighted by molar-refractivity contribution is 5.47. The minimum atomic E-state index is -2.93. The molecule has 0 atom stereocenters. The maximum absolute atomic E-state index is 12.7. The molecule has 0 unspecified atom stereocenters. The summed E-state index contributed by atoms with van der Waals surface area (Å²) in [7, 11) is 1.40. The van der Waals surface area contributed by atoms with Crippen molar-refractivity contribution in [1.29, 1.82) is 0 Å². The SMILES string of the molecule is COc1ccc(CN2CCc3nc(-c4cnccn4)[nH]c(=O)c3CC2)cc1OC(F)F. The van der Waals surface area contributed by atoms with E-state index in [0.29, 0.717) is 49.6 Å². The van der Waals surface area contributed by atoms with Crippen molar-refractivity contribution in [2.24, 2.45) is 0 Å². The minimum Gasteiger partial charge on any atom is -0.493 e. The van der Waals surface area contributed by atoms with Crippen LogP contribution in [0.4, 0.5) is 8.78 Å². The molecule has 0 aliphatic carbocycles. The van der Waals surface area contributed by atoms with Gasteiger partial charge in [-0.2, -0.15) is 8.78 Å². The summed E-state index contributed by atoms with van der Waals surface area (Å²) in [6.45, 7) is -1.11. The molecule has 162 valence electrons. The number of nitrogens with zero attached hydrogens (tertiary/aromatic N) is 4. The Morgan fingerprint density at radius 2 is 2.03 bits per heavy atom. The molecule has 0 radical (unpaired) electrons. The topological polar surface area (TPSA) is 93.2 Å². The summed E-state index contributed by atoms with van der Waals surface area (Å²) >= 11 is 0. The van der Waals surface area contributed by atoms with Crippen LogP contribution in [0.15, 0.2) is 41.6 Å². The van der Waals surface area contributed by atoms with Crippen molar-refractivity contribution in [3.63, 3.8) is 0 Å². The highest BCUT2D eigenvalue weighted by atomic mass is 19.3. The van der Waals surface area contributed by atoms with Gasteiger partial charge in [-0.15, -0.1) is 0 Å². The Morgan fingerprint density at radius 3 is 2.77 bits per heavy atom. The van der Waals surface area contributed by atoms with Gasteiger partial charge in [0.2, 0.25) is 0 Å². The maximum atomic E-state index is 12.7. The number of benzene rings is 1. The molecule has 0 amide bonds. The predicted octanol–water partition coefficient (Wildman–Crippen LogP) is 2.44. The fourth-order valence-electron chi connectivity index (χ4n) is 3.62. The smallest absolute Gasteiger partial charge is 0.387 e. The molecule has 1 aliphatic rings. The average Bonchev–Trinajstić information content (AvgIpc) is 2.97. The van der Waals surface area contributed by atoms with E-state index in [2.05, 4.69) is 29.6 Å². The maximum Gasteiger partial charge on any atom is 0.387 e. The first-order valence-corrected chi connectivity index (χ1v) is 9.76. The number of hydrogen-bond donors (Lipinski definition) is 1. The molecule has 1 aliphatic heterocycles. The second-order valence-corrected chi connectivity index (χ2v) is 7.07. The number of hydrogen-bond acceptors (Lipinski definition) is 7. The van der Waals surface area contributed by atoms with E-state index in [1.807, 2.05) is 6.07 Å². The monoisotopic (exact) mass is 429 g/mol. The van der Waals surface area contributed by atoms with Gasteiger partial charge in [-0.05, 0) is 24.1 Å². The Kier molecular flexibility index (Phi) is 6.17. The van der Waals surface area contributed by atoms with Crippen LogP contribution in [0.2, 0.25) is 0 Å². The van der Waals surface area contributed by atoms with Crippen LogP contribution in [0.5, 0.6) is 11.5 Å². The van der Waals surface area contributed by atoms with Crippen molar-refractivity contribution in [3.8, 4) is 23.0 Å². The van der Waals surface area contributed by atoms with Crippen molar-refractivity contribution in [3.05, 3.63) is 64.0 Å². The van der Waals surface area contributed by atoms with Crippen LogP contribution in [-0.2, 0) is 19.4 Å². The second kappa shape index (κ2) is 9.17.